The fourth-order valence-electron chi connectivity index (χ4n) is 1.08. The zero-order valence-electron chi connectivity index (χ0n) is 8.64. The molecule has 0 heterocycles. The zero-order chi connectivity index (χ0) is 12.9. The standard InChI is InChI=1S/C10H8ClN3O2S/c11-10-6-9(3-2-8(10)7-13)17(15,16)14-5-1-4-12/h2-3,6,14H,1,5H2. The van der Waals surface area contributed by atoms with Gasteiger partial charge in [0, 0.05) is 13.0 Å². The minimum absolute atomic E-state index is 0.0283. The van der Waals surface area contributed by atoms with Gasteiger partial charge in [0.25, 0.3) is 0 Å². The van der Waals surface area contributed by atoms with E-state index in [9.17, 15) is 8.42 Å². The molecule has 0 saturated carbocycles. The second-order valence-electron chi connectivity index (χ2n) is 3.06. The average molecular weight is 270 g/mol. The highest BCUT2D eigenvalue weighted by atomic mass is 35.5. The molecule has 88 valence electrons. The maximum atomic E-state index is 11.7. The highest BCUT2D eigenvalue weighted by Crippen LogP contribution is 2.19. The number of hydrogen-bond acceptors (Lipinski definition) is 4. The largest absolute Gasteiger partial charge is 0.240 e. The second-order valence-corrected chi connectivity index (χ2v) is 5.23. The molecule has 0 spiro atoms. The van der Waals surface area contributed by atoms with Gasteiger partial charge in [-0.05, 0) is 18.2 Å². The Morgan fingerprint density at radius 1 is 1.35 bits per heavy atom. The normalized spacial score (nSPS) is 10.5. The van der Waals surface area contributed by atoms with Gasteiger partial charge in [-0.15, -0.1) is 0 Å². The van der Waals surface area contributed by atoms with Crippen molar-refractivity contribution in [2.45, 2.75) is 11.3 Å². The van der Waals surface area contributed by atoms with Crippen molar-refractivity contribution in [3.63, 3.8) is 0 Å². The topological polar surface area (TPSA) is 93.8 Å². The fraction of sp³-hybridized carbons (Fsp3) is 0.200. The van der Waals surface area contributed by atoms with Crippen LogP contribution in [0.5, 0.6) is 0 Å². The van der Waals surface area contributed by atoms with Crippen molar-refractivity contribution >= 4 is 21.6 Å². The molecule has 0 amide bonds. The molecule has 0 radical (unpaired) electrons. The number of nitrogens with one attached hydrogen (secondary N) is 1. The van der Waals surface area contributed by atoms with Gasteiger partial charge in [-0.1, -0.05) is 11.6 Å². The van der Waals surface area contributed by atoms with Gasteiger partial charge < -0.3 is 0 Å². The molecule has 1 aromatic carbocycles. The van der Waals surface area contributed by atoms with E-state index in [0.717, 1.165) is 0 Å². The third-order valence-electron chi connectivity index (χ3n) is 1.90. The third-order valence-corrected chi connectivity index (χ3v) is 3.67. The van der Waals surface area contributed by atoms with E-state index in [1.165, 1.54) is 18.2 Å². The Kier molecular flexibility index (Phi) is 4.47. The number of rotatable bonds is 4. The minimum Gasteiger partial charge on any atom is -0.210 e. The fourth-order valence-corrected chi connectivity index (χ4v) is 2.42. The van der Waals surface area contributed by atoms with E-state index in [4.69, 9.17) is 22.1 Å². The Morgan fingerprint density at radius 3 is 2.59 bits per heavy atom. The van der Waals surface area contributed by atoms with Crippen LogP contribution in [0, 0.1) is 22.7 Å². The molecule has 7 heteroatoms. The molecule has 0 bridgehead atoms. The molecule has 1 rings (SSSR count). The van der Waals surface area contributed by atoms with Crippen LogP contribution >= 0.6 is 11.6 Å². The summed E-state index contributed by atoms with van der Waals surface area (Å²) < 4.78 is 25.6. The lowest BCUT2D eigenvalue weighted by atomic mass is 10.2. The number of benzene rings is 1. The summed E-state index contributed by atoms with van der Waals surface area (Å²) in [4.78, 5) is -0.0283. The summed E-state index contributed by atoms with van der Waals surface area (Å²) in [6.45, 7) is 0.0381. The van der Waals surface area contributed by atoms with Gasteiger partial charge in [0.15, 0.2) is 0 Å². The van der Waals surface area contributed by atoms with Crippen LogP contribution in [0.4, 0.5) is 0 Å². The van der Waals surface area contributed by atoms with Crippen molar-refractivity contribution in [2.24, 2.45) is 0 Å². The molecule has 5 nitrogen and oxygen atoms in total. The van der Waals surface area contributed by atoms with E-state index in [2.05, 4.69) is 4.72 Å². The lowest BCUT2D eigenvalue weighted by molar-refractivity contribution is 0.582. The van der Waals surface area contributed by atoms with Crippen molar-refractivity contribution in [3.8, 4) is 12.1 Å². The van der Waals surface area contributed by atoms with E-state index < -0.39 is 10.0 Å². The van der Waals surface area contributed by atoms with Crippen molar-refractivity contribution in [1.82, 2.24) is 4.72 Å². The van der Waals surface area contributed by atoms with Crippen molar-refractivity contribution in [2.75, 3.05) is 6.54 Å². The van der Waals surface area contributed by atoms with Gasteiger partial charge >= 0.3 is 0 Å². The Labute approximate surface area is 104 Å². The van der Waals surface area contributed by atoms with Crippen molar-refractivity contribution in [1.29, 1.82) is 10.5 Å². The molecule has 0 aliphatic rings. The quantitative estimate of drug-likeness (QED) is 0.836. The zero-order valence-corrected chi connectivity index (χ0v) is 10.2. The molecule has 0 aromatic heterocycles. The Morgan fingerprint density at radius 2 is 2.06 bits per heavy atom. The van der Waals surface area contributed by atoms with Crippen LogP contribution in [-0.2, 0) is 10.0 Å². The van der Waals surface area contributed by atoms with E-state index >= 15 is 0 Å². The molecule has 0 atom stereocenters. The van der Waals surface area contributed by atoms with Crippen LogP contribution in [-0.4, -0.2) is 15.0 Å². The summed E-state index contributed by atoms with van der Waals surface area (Å²) in [5.74, 6) is 0. The van der Waals surface area contributed by atoms with E-state index in [-0.39, 0.29) is 28.4 Å². The predicted molar refractivity (Wildman–Crippen MR) is 61.6 cm³/mol. The third kappa shape index (κ3) is 3.43. The molecule has 17 heavy (non-hydrogen) atoms. The van der Waals surface area contributed by atoms with E-state index in [1.54, 1.807) is 0 Å². The molecule has 0 saturated heterocycles. The SMILES string of the molecule is N#CCCNS(=O)(=O)c1ccc(C#N)c(Cl)c1. The number of sulfonamides is 1. The first-order valence-corrected chi connectivity index (χ1v) is 6.43. The summed E-state index contributed by atoms with van der Waals surface area (Å²) >= 11 is 5.73. The first kappa shape index (κ1) is 13.5. The van der Waals surface area contributed by atoms with E-state index in [1.807, 2.05) is 12.1 Å². The van der Waals surface area contributed by atoms with Gasteiger partial charge in [-0.2, -0.15) is 10.5 Å². The first-order chi connectivity index (χ1) is 8.01. The van der Waals surface area contributed by atoms with Gasteiger partial charge in [0.2, 0.25) is 10.0 Å². The molecule has 1 aromatic rings. The first-order valence-electron chi connectivity index (χ1n) is 4.57. The maximum absolute atomic E-state index is 11.7. The molecule has 0 aliphatic heterocycles. The average Bonchev–Trinajstić information content (AvgIpc) is 2.29. The highest BCUT2D eigenvalue weighted by Gasteiger charge is 2.14. The molecule has 0 fully saturated rings. The predicted octanol–water partition coefficient (Wildman–Crippen LogP) is 1.40. The van der Waals surface area contributed by atoms with Crippen LogP contribution in [0.2, 0.25) is 5.02 Å². The maximum Gasteiger partial charge on any atom is 0.240 e. The summed E-state index contributed by atoms with van der Waals surface area (Å²) in [6.07, 6.45) is 0.0865. The Hall–Kier alpha value is -1.60. The molecule has 1 N–H and O–H groups in total. The number of halogens is 1. The smallest absolute Gasteiger partial charge is 0.210 e. The van der Waals surface area contributed by atoms with Crippen LogP contribution < -0.4 is 4.72 Å². The molecular weight excluding hydrogens is 262 g/mol. The van der Waals surface area contributed by atoms with Crippen molar-refractivity contribution < 1.29 is 8.42 Å². The van der Waals surface area contributed by atoms with Crippen LogP contribution in [0.3, 0.4) is 0 Å². The van der Waals surface area contributed by atoms with Gasteiger partial charge in [0.05, 0.1) is 21.6 Å². The molecule has 0 aliphatic carbocycles. The van der Waals surface area contributed by atoms with Gasteiger partial charge in [-0.3, -0.25) is 0 Å². The van der Waals surface area contributed by atoms with Crippen LogP contribution in [0.25, 0.3) is 0 Å². The summed E-state index contributed by atoms with van der Waals surface area (Å²) in [7, 11) is -3.67. The minimum atomic E-state index is -3.67. The van der Waals surface area contributed by atoms with Crippen LogP contribution in [0.1, 0.15) is 12.0 Å². The highest BCUT2D eigenvalue weighted by molar-refractivity contribution is 7.89. The number of nitriles is 2. The lowest BCUT2D eigenvalue weighted by Crippen LogP contribution is -2.24. The number of hydrogen-bond donors (Lipinski definition) is 1. The Bertz CT molecular complexity index is 599. The van der Waals surface area contributed by atoms with Gasteiger partial charge in [0.1, 0.15) is 6.07 Å². The summed E-state index contributed by atoms with van der Waals surface area (Å²) in [5.41, 5.74) is 0.211. The Balaban J connectivity index is 2.98. The molecule has 0 unspecified atom stereocenters. The monoisotopic (exact) mass is 269 g/mol. The summed E-state index contributed by atoms with van der Waals surface area (Å²) in [5, 5.41) is 17.0. The lowest BCUT2D eigenvalue weighted by Gasteiger charge is -2.05. The molecular formula is C10H8ClN3O2S. The van der Waals surface area contributed by atoms with E-state index in [0.29, 0.717) is 0 Å². The van der Waals surface area contributed by atoms with Gasteiger partial charge in [-0.25, -0.2) is 13.1 Å². The summed E-state index contributed by atoms with van der Waals surface area (Å²) in [6, 6.07) is 7.49. The van der Waals surface area contributed by atoms with Crippen molar-refractivity contribution in [3.05, 3.63) is 28.8 Å². The van der Waals surface area contributed by atoms with Crippen LogP contribution in [0.15, 0.2) is 23.1 Å². The number of nitrogens with zero attached hydrogens (tertiary/aromatic N) is 2. The second kappa shape index (κ2) is 5.65.